The Labute approximate surface area is 104 Å². The van der Waals surface area contributed by atoms with Gasteiger partial charge in [0.05, 0.1) is 17.5 Å². The lowest BCUT2D eigenvalue weighted by atomic mass is 10.0. The predicted octanol–water partition coefficient (Wildman–Crippen LogP) is 2.62. The van der Waals surface area contributed by atoms with Gasteiger partial charge in [0.1, 0.15) is 5.76 Å². The number of H-pyrrole nitrogens is 1. The lowest BCUT2D eigenvalue weighted by Gasteiger charge is -2.02. The molecule has 0 amide bonds. The molecule has 0 radical (unpaired) electrons. The summed E-state index contributed by atoms with van der Waals surface area (Å²) in [4.78, 5) is 4.11. The van der Waals surface area contributed by atoms with Gasteiger partial charge in [-0.3, -0.25) is 10.1 Å². The van der Waals surface area contributed by atoms with E-state index < -0.39 is 0 Å². The molecule has 5 nitrogen and oxygen atoms in total. The van der Waals surface area contributed by atoms with Crippen LogP contribution >= 0.6 is 0 Å². The lowest BCUT2D eigenvalue weighted by Crippen LogP contribution is -1.89. The number of aromatic nitrogens is 3. The molecule has 3 N–H and O–H groups in total. The van der Waals surface area contributed by atoms with Crippen LogP contribution in [-0.2, 0) is 0 Å². The summed E-state index contributed by atoms with van der Waals surface area (Å²) in [7, 11) is 0. The second kappa shape index (κ2) is 4.03. The monoisotopic (exact) mass is 240 g/mol. The zero-order valence-corrected chi connectivity index (χ0v) is 9.84. The number of rotatable bonds is 2. The maximum Gasteiger partial charge on any atom is 0.153 e. The third-order valence-electron chi connectivity index (χ3n) is 2.87. The summed E-state index contributed by atoms with van der Waals surface area (Å²) in [5, 5.41) is 7.03. The van der Waals surface area contributed by atoms with Gasteiger partial charge in [-0.25, -0.2) is 0 Å². The van der Waals surface area contributed by atoms with Crippen molar-refractivity contribution >= 4 is 5.82 Å². The van der Waals surface area contributed by atoms with Gasteiger partial charge >= 0.3 is 0 Å². The molecule has 0 aliphatic carbocycles. The van der Waals surface area contributed by atoms with Gasteiger partial charge < -0.3 is 10.2 Å². The molecule has 5 heteroatoms. The Bertz CT molecular complexity index is 669. The number of hydrogen-bond acceptors (Lipinski definition) is 4. The Morgan fingerprint density at radius 3 is 2.89 bits per heavy atom. The minimum atomic E-state index is 0.457. The van der Waals surface area contributed by atoms with Gasteiger partial charge in [0.15, 0.2) is 5.82 Å². The molecule has 0 fully saturated rings. The van der Waals surface area contributed by atoms with Crippen LogP contribution in [-0.4, -0.2) is 15.2 Å². The molecule has 0 aliphatic heterocycles. The predicted molar refractivity (Wildman–Crippen MR) is 68.7 cm³/mol. The van der Waals surface area contributed by atoms with Gasteiger partial charge in [-0.15, -0.1) is 0 Å². The Morgan fingerprint density at radius 1 is 1.33 bits per heavy atom. The minimum Gasteiger partial charge on any atom is -0.469 e. The second-order valence-electron chi connectivity index (χ2n) is 3.99. The summed E-state index contributed by atoms with van der Waals surface area (Å²) in [5.41, 5.74) is 9.52. The SMILES string of the molecule is Cc1occc1-c1[nH]nc(N)c1-c1cccnc1. The molecule has 0 atom stereocenters. The first-order valence-corrected chi connectivity index (χ1v) is 5.56. The van der Waals surface area contributed by atoms with Crippen molar-refractivity contribution in [2.75, 3.05) is 5.73 Å². The Balaban J connectivity index is 2.22. The number of anilines is 1. The van der Waals surface area contributed by atoms with E-state index in [1.165, 1.54) is 0 Å². The summed E-state index contributed by atoms with van der Waals surface area (Å²) in [6.07, 6.45) is 5.14. The summed E-state index contributed by atoms with van der Waals surface area (Å²) in [6, 6.07) is 5.71. The van der Waals surface area contributed by atoms with Gasteiger partial charge in [-0.1, -0.05) is 6.07 Å². The minimum absolute atomic E-state index is 0.457. The van der Waals surface area contributed by atoms with Crippen LogP contribution in [0.3, 0.4) is 0 Å². The van der Waals surface area contributed by atoms with Gasteiger partial charge in [0, 0.05) is 23.5 Å². The third-order valence-corrected chi connectivity index (χ3v) is 2.87. The normalized spacial score (nSPS) is 10.7. The third kappa shape index (κ3) is 1.57. The van der Waals surface area contributed by atoms with Crippen LogP contribution < -0.4 is 5.73 Å². The summed E-state index contributed by atoms with van der Waals surface area (Å²) < 4.78 is 5.31. The summed E-state index contributed by atoms with van der Waals surface area (Å²) in [6.45, 7) is 1.90. The highest BCUT2D eigenvalue weighted by Crippen LogP contribution is 2.35. The highest BCUT2D eigenvalue weighted by atomic mass is 16.3. The van der Waals surface area contributed by atoms with Gasteiger partial charge in [0.2, 0.25) is 0 Å². The molecule has 3 heterocycles. The van der Waals surface area contributed by atoms with E-state index in [2.05, 4.69) is 15.2 Å². The van der Waals surface area contributed by atoms with E-state index in [0.717, 1.165) is 28.1 Å². The molecule has 0 aromatic carbocycles. The number of nitrogens with zero attached hydrogens (tertiary/aromatic N) is 2. The fraction of sp³-hybridized carbons (Fsp3) is 0.0769. The van der Waals surface area contributed by atoms with E-state index in [1.54, 1.807) is 18.7 Å². The van der Waals surface area contributed by atoms with Crippen LogP contribution in [0.15, 0.2) is 41.3 Å². The van der Waals surface area contributed by atoms with Crippen LogP contribution in [0.25, 0.3) is 22.4 Å². The topological polar surface area (TPSA) is 80.7 Å². The molecule has 0 unspecified atom stereocenters. The van der Waals surface area contributed by atoms with E-state index in [-0.39, 0.29) is 0 Å². The van der Waals surface area contributed by atoms with Gasteiger partial charge in [-0.2, -0.15) is 5.10 Å². The first kappa shape index (κ1) is 10.6. The molecule has 3 aromatic rings. The molecule has 0 bridgehead atoms. The average molecular weight is 240 g/mol. The molecule has 90 valence electrons. The number of hydrogen-bond donors (Lipinski definition) is 2. The molecule has 3 rings (SSSR count). The van der Waals surface area contributed by atoms with Crippen LogP contribution in [0.2, 0.25) is 0 Å². The van der Waals surface area contributed by atoms with E-state index >= 15 is 0 Å². The van der Waals surface area contributed by atoms with Crippen molar-refractivity contribution in [2.45, 2.75) is 6.92 Å². The van der Waals surface area contributed by atoms with Crippen LogP contribution in [0.1, 0.15) is 5.76 Å². The van der Waals surface area contributed by atoms with Crippen LogP contribution in [0.4, 0.5) is 5.82 Å². The van der Waals surface area contributed by atoms with E-state index in [9.17, 15) is 0 Å². The highest BCUT2D eigenvalue weighted by molar-refractivity contribution is 5.87. The zero-order chi connectivity index (χ0) is 12.5. The van der Waals surface area contributed by atoms with Crippen LogP contribution in [0.5, 0.6) is 0 Å². The molecule has 18 heavy (non-hydrogen) atoms. The quantitative estimate of drug-likeness (QED) is 0.721. The van der Waals surface area contributed by atoms with E-state index in [4.69, 9.17) is 10.2 Å². The number of nitrogen functional groups attached to an aromatic ring is 1. The number of nitrogens with one attached hydrogen (secondary N) is 1. The summed E-state index contributed by atoms with van der Waals surface area (Å²) in [5.74, 6) is 1.28. The number of pyridine rings is 1. The van der Waals surface area contributed by atoms with Crippen molar-refractivity contribution in [1.82, 2.24) is 15.2 Å². The number of furan rings is 1. The second-order valence-corrected chi connectivity index (χ2v) is 3.99. The number of aryl methyl sites for hydroxylation is 1. The van der Waals surface area contributed by atoms with Gasteiger partial charge in [0.25, 0.3) is 0 Å². The molecule has 0 spiro atoms. The molecule has 0 saturated carbocycles. The lowest BCUT2D eigenvalue weighted by molar-refractivity contribution is 0.535. The van der Waals surface area contributed by atoms with Crippen molar-refractivity contribution in [3.8, 4) is 22.4 Å². The standard InChI is InChI=1S/C13H12N4O/c1-8-10(4-6-18-8)12-11(13(14)17-16-12)9-3-2-5-15-7-9/h2-7H,1H3,(H3,14,16,17). The number of nitrogens with two attached hydrogens (primary N) is 1. The highest BCUT2D eigenvalue weighted by Gasteiger charge is 2.17. The van der Waals surface area contributed by atoms with Crippen molar-refractivity contribution in [2.24, 2.45) is 0 Å². The Kier molecular flexibility index (Phi) is 2.37. The molecule has 0 saturated heterocycles. The van der Waals surface area contributed by atoms with E-state index in [1.807, 2.05) is 25.1 Å². The van der Waals surface area contributed by atoms with E-state index in [0.29, 0.717) is 5.82 Å². The maximum atomic E-state index is 5.93. The first-order chi connectivity index (χ1) is 8.77. The maximum absolute atomic E-state index is 5.93. The molecular weight excluding hydrogens is 228 g/mol. The Hall–Kier alpha value is -2.56. The molecule has 0 aliphatic rings. The smallest absolute Gasteiger partial charge is 0.153 e. The van der Waals surface area contributed by atoms with Crippen molar-refractivity contribution < 1.29 is 4.42 Å². The average Bonchev–Trinajstić information content (AvgIpc) is 2.96. The first-order valence-electron chi connectivity index (χ1n) is 5.56. The van der Waals surface area contributed by atoms with Crippen molar-refractivity contribution in [1.29, 1.82) is 0 Å². The molecule has 3 aromatic heterocycles. The van der Waals surface area contributed by atoms with Crippen LogP contribution in [0, 0.1) is 6.92 Å². The van der Waals surface area contributed by atoms with Gasteiger partial charge in [-0.05, 0) is 19.1 Å². The molecular formula is C13H12N4O. The number of aromatic amines is 1. The van der Waals surface area contributed by atoms with Crippen molar-refractivity contribution in [3.05, 3.63) is 42.6 Å². The Morgan fingerprint density at radius 2 is 2.22 bits per heavy atom. The summed E-state index contributed by atoms with van der Waals surface area (Å²) >= 11 is 0. The zero-order valence-electron chi connectivity index (χ0n) is 9.84. The largest absolute Gasteiger partial charge is 0.469 e. The van der Waals surface area contributed by atoms with Crippen molar-refractivity contribution in [3.63, 3.8) is 0 Å². The fourth-order valence-electron chi connectivity index (χ4n) is 2.00. The fourth-order valence-corrected chi connectivity index (χ4v) is 2.00.